The highest BCUT2D eigenvalue weighted by molar-refractivity contribution is 7.91. The predicted molar refractivity (Wildman–Crippen MR) is 130 cm³/mol. The van der Waals surface area contributed by atoms with Gasteiger partial charge in [-0.05, 0) is 54.2 Å². The van der Waals surface area contributed by atoms with E-state index in [2.05, 4.69) is 10.1 Å². The van der Waals surface area contributed by atoms with Crippen LogP contribution in [0.4, 0.5) is 0 Å². The number of ketones is 1. The summed E-state index contributed by atoms with van der Waals surface area (Å²) in [6.45, 7) is 10.7. The minimum absolute atomic E-state index is 0.0645. The zero-order chi connectivity index (χ0) is 24.1. The van der Waals surface area contributed by atoms with Gasteiger partial charge in [0.05, 0.1) is 35.5 Å². The number of sulfone groups is 1. The van der Waals surface area contributed by atoms with Crippen molar-refractivity contribution in [3.63, 3.8) is 0 Å². The van der Waals surface area contributed by atoms with Gasteiger partial charge in [0.2, 0.25) is 0 Å². The maximum Gasteiger partial charge on any atom is 0.194 e. The Hall–Kier alpha value is -2.30. The van der Waals surface area contributed by atoms with E-state index in [1.54, 1.807) is 11.3 Å². The Morgan fingerprint density at radius 2 is 1.94 bits per heavy atom. The van der Waals surface area contributed by atoms with Crippen molar-refractivity contribution in [2.45, 2.75) is 53.6 Å². The summed E-state index contributed by atoms with van der Waals surface area (Å²) in [5.41, 5.74) is 6.50. The van der Waals surface area contributed by atoms with E-state index < -0.39 is 9.84 Å². The van der Waals surface area contributed by atoms with E-state index in [4.69, 9.17) is 0 Å². The molecule has 1 aliphatic heterocycles. The molecule has 33 heavy (non-hydrogen) atoms. The molecule has 3 aromatic heterocycles. The molecule has 1 saturated heterocycles. The van der Waals surface area contributed by atoms with Gasteiger partial charge in [-0.2, -0.15) is 5.10 Å². The summed E-state index contributed by atoms with van der Waals surface area (Å²) < 4.78 is 27.7. The largest absolute Gasteiger partial charge is 0.294 e. The van der Waals surface area contributed by atoms with Crippen molar-refractivity contribution in [3.05, 3.63) is 51.0 Å². The van der Waals surface area contributed by atoms with E-state index in [0.29, 0.717) is 18.5 Å². The van der Waals surface area contributed by atoms with Crippen LogP contribution in [0.3, 0.4) is 0 Å². The number of aryl methyl sites for hydroxylation is 3. The molecule has 0 bridgehead atoms. The molecule has 3 aromatic rings. The number of Topliss-reactive ketones (excluding diaryl/α,β-unsaturated/α-hetero) is 1. The van der Waals surface area contributed by atoms with Crippen molar-refractivity contribution >= 4 is 27.0 Å². The Balaban J connectivity index is 1.49. The molecule has 0 aliphatic carbocycles. The standard InChI is InChI=1S/C23H31N5O3S2/c1-14-12-32-23(24-14)27-15(2)9-20(17(27)4)22(29)11-26(6)10-21-16(3)25-28(18(21)5)19-7-8-33(30,31)13-19/h9,12,19H,7-8,10-11,13H2,1-6H3. The second-order valence-corrected chi connectivity index (χ2v) is 12.2. The molecule has 0 amide bonds. The van der Waals surface area contributed by atoms with Crippen LogP contribution in [-0.4, -0.2) is 63.5 Å². The lowest BCUT2D eigenvalue weighted by Crippen LogP contribution is -2.26. The maximum atomic E-state index is 13.2. The minimum Gasteiger partial charge on any atom is -0.294 e. The molecule has 0 N–H and O–H groups in total. The number of rotatable bonds is 7. The number of aromatic nitrogens is 4. The lowest BCUT2D eigenvalue weighted by molar-refractivity contribution is 0.0942. The van der Waals surface area contributed by atoms with E-state index in [0.717, 1.165) is 39.2 Å². The molecule has 10 heteroatoms. The van der Waals surface area contributed by atoms with E-state index in [1.807, 2.05) is 67.3 Å². The third-order valence-corrected chi connectivity index (χ3v) is 9.09. The summed E-state index contributed by atoms with van der Waals surface area (Å²) in [7, 11) is -1.05. The summed E-state index contributed by atoms with van der Waals surface area (Å²) in [5.74, 6) is 0.435. The normalized spacial score (nSPS) is 17.8. The van der Waals surface area contributed by atoms with Gasteiger partial charge in [0.25, 0.3) is 0 Å². The summed E-state index contributed by atoms with van der Waals surface area (Å²) in [5, 5.41) is 7.53. The Bertz CT molecular complexity index is 1320. The zero-order valence-electron chi connectivity index (χ0n) is 20.0. The smallest absolute Gasteiger partial charge is 0.194 e. The summed E-state index contributed by atoms with van der Waals surface area (Å²) in [4.78, 5) is 19.7. The topological polar surface area (TPSA) is 90.1 Å². The second-order valence-electron chi connectivity index (χ2n) is 9.14. The van der Waals surface area contributed by atoms with Crippen molar-refractivity contribution in [2.75, 3.05) is 25.1 Å². The first kappa shape index (κ1) is 23.8. The van der Waals surface area contributed by atoms with E-state index in [9.17, 15) is 13.2 Å². The van der Waals surface area contributed by atoms with Crippen LogP contribution in [-0.2, 0) is 16.4 Å². The molecule has 0 saturated carbocycles. The van der Waals surface area contributed by atoms with E-state index in [-0.39, 0.29) is 29.9 Å². The monoisotopic (exact) mass is 489 g/mol. The number of carbonyl (C=O) groups excluding carboxylic acids is 1. The fraction of sp³-hybridized carbons (Fsp3) is 0.522. The lowest BCUT2D eigenvalue weighted by Gasteiger charge is -2.17. The van der Waals surface area contributed by atoms with Crippen molar-refractivity contribution in [1.82, 2.24) is 24.2 Å². The van der Waals surface area contributed by atoms with Crippen LogP contribution in [0, 0.1) is 34.6 Å². The molecule has 1 unspecified atom stereocenters. The molecule has 1 aliphatic rings. The first-order valence-electron chi connectivity index (χ1n) is 11.0. The molecule has 0 spiro atoms. The van der Waals surface area contributed by atoms with Gasteiger partial charge >= 0.3 is 0 Å². The van der Waals surface area contributed by atoms with Gasteiger partial charge in [0, 0.05) is 40.1 Å². The fourth-order valence-corrected chi connectivity index (χ4v) is 7.29. The van der Waals surface area contributed by atoms with Crippen LogP contribution in [0.15, 0.2) is 11.4 Å². The van der Waals surface area contributed by atoms with Crippen LogP contribution in [0.2, 0.25) is 0 Å². The minimum atomic E-state index is -2.98. The molecule has 4 rings (SSSR count). The third-order valence-electron chi connectivity index (χ3n) is 6.40. The maximum absolute atomic E-state index is 13.2. The van der Waals surface area contributed by atoms with Crippen molar-refractivity contribution in [3.8, 4) is 5.13 Å². The summed E-state index contributed by atoms with van der Waals surface area (Å²) in [6, 6.07) is 1.84. The quantitative estimate of drug-likeness (QED) is 0.473. The van der Waals surface area contributed by atoms with Crippen molar-refractivity contribution in [2.24, 2.45) is 0 Å². The predicted octanol–water partition coefficient (Wildman–Crippen LogP) is 3.35. The summed E-state index contributed by atoms with van der Waals surface area (Å²) >= 11 is 1.57. The molecule has 178 valence electrons. The highest BCUT2D eigenvalue weighted by Crippen LogP contribution is 2.28. The molecule has 4 heterocycles. The molecule has 0 radical (unpaired) electrons. The SMILES string of the molecule is Cc1csc(-n2c(C)cc(C(=O)CN(C)Cc3c(C)nn(C4CCS(=O)(=O)C4)c3C)c2C)n1. The first-order chi connectivity index (χ1) is 15.5. The molecular formula is C23H31N5O3S2. The van der Waals surface area contributed by atoms with Crippen molar-refractivity contribution < 1.29 is 13.2 Å². The fourth-order valence-electron chi connectivity index (χ4n) is 4.69. The van der Waals surface area contributed by atoms with Crippen LogP contribution in [0.1, 0.15) is 56.9 Å². The Morgan fingerprint density at radius 3 is 2.55 bits per heavy atom. The van der Waals surface area contributed by atoms with Crippen LogP contribution < -0.4 is 0 Å². The average molecular weight is 490 g/mol. The van der Waals surface area contributed by atoms with Gasteiger partial charge in [-0.25, -0.2) is 13.4 Å². The number of hydrogen-bond acceptors (Lipinski definition) is 7. The molecule has 8 nitrogen and oxygen atoms in total. The average Bonchev–Trinajstić information content (AvgIpc) is 3.45. The number of nitrogens with zero attached hydrogens (tertiary/aromatic N) is 5. The van der Waals surface area contributed by atoms with Crippen LogP contribution >= 0.6 is 11.3 Å². The van der Waals surface area contributed by atoms with Crippen molar-refractivity contribution in [1.29, 1.82) is 0 Å². The third kappa shape index (κ3) is 4.69. The first-order valence-corrected chi connectivity index (χ1v) is 13.7. The number of likely N-dealkylation sites (N-methyl/N-ethyl adjacent to an activating group) is 1. The number of thiazole rings is 1. The highest BCUT2D eigenvalue weighted by Gasteiger charge is 2.31. The van der Waals surface area contributed by atoms with Gasteiger partial charge in [-0.15, -0.1) is 11.3 Å². The second kappa shape index (κ2) is 8.81. The van der Waals surface area contributed by atoms with E-state index in [1.165, 1.54) is 0 Å². The van der Waals surface area contributed by atoms with Gasteiger partial charge in [-0.1, -0.05) is 0 Å². The lowest BCUT2D eigenvalue weighted by atomic mass is 10.1. The molecule has 1 fully saturated rings. The molecular weight excluding hydrogens is 458 g/mol. The van der Waals surface area contributed by atoms with E-state index >= 15 is 0 Å². The number of carbonyl (C=O) groups is 1. The van der Waals surface area contributed by atoms with Gasteiger partial charge in [-0.3, -0.25) is 18.9 Å². The Morgan fingerprint density at radius 1 is 1.21 bits per heavy atom. The molecule has 1 atom stereocenters. The zero-order valence-corrected chi connectivity index (χ0v) is 21.7. The Labute approximate surface area is 199 Å². The molecule has 0 aromatic carbocycles. The van der Waals surface area contributed by atoms with Crippen LogP contribution in [0.5, 0.6) is 0 Å². The summed E-state index contributed by atoms with van der Waals surface area (Å²) in [6.07, 6.45) is 0.603. The van der Waals surface area contributed by atoms with Gasteiger partial charge in [0.1, 0.15) is 0 Å². The van der Waals surface area contributed by atoms with Gasteiger partial charge in [0.15, 0.2) is 20.8 Å². The Kier molecular flexibility index (Phi) is 6.36. The number of hydrogen-bond donors (Lipinski definition) is 0. The van der Waals surface area contributed by atoms with Gasteiger partial charge < -0.3 is 0 Å². The highest BCUT2D eigenvalue weighted by atomic mass is 32.2. The van der Waals surface area contributed by atoms with Crippen LogP contribution in [0.25, 0.3) is 5.13 Å².